The van der Waals surface area contributed by atoms with E-state index in [1.807, 2.05) is 40.6 Å². The van der Waals surface area contributed by atoms with Crippen molar-refractivity contribution in [1.82, 2.24) is 5.32 Å². The summed E-state index contributed by atoms with van der Waals surface area (Å²) in [6.45, 7) is 5.02. The number of carbonyl (C=O) groups is 2. The largest absolute Gasteiger partial charge is 0.348 e. The summed E-state index contributed by atoms with van der Waals surface area (Å²) in [5.74, 6) is 0.546. The molecule has 5 heteroatoms. The van der Waals surface area contributed by atoms with Crippen molar-refractivity contribution in [3.63, 3.8) is 0 Å². The third kappa shape index (κ3) is 4.28. The van der Waals surface area contributed by atoms with Gasteiger partial charge in [0.25, 0.3) is 0 Å². The van der Waals surface area contributed by atoms with Crippen molar-refractivity contribution in [3.8, 4) is 0 Å². The van der Waals surface area contributed by atoms with Crippen LogP contribution in [0.5, 0.6) is 0 Å². The lowest BCUT2D eigenvalue weighted by Gasteiger charge is -2.21. The number of nitrogens with zero attached hydrogens (tertiary/aromatic N) is 1. The average molecular weight is 356 g/mol. The van der Waals surface area contributed by atoms with E-state index < -0.39 is 0 Å². The van der Waals surface area contributed by atoms with E-state index in [1.165, 1.54) is 4.88 Å². The molecule has 132 valence electrons. The number of hydrogen-bond donors (Lipinski definition) is 1. The van der Waals surface area contributed by atoms with Crippen molar-refractivity contribution in [2.45, 2.75) is 39.2 Å². The lowest BCUT2D eigenvalue weighted by molar-refractivity contribution is -0.121. The van der Waals surface area contributed by atoms with E-state index in [0.29, 0.717) is 18.8 Å². The predicted octanol–water partition coefficient (Wildman–Crippen LogP) is 3.93. The lowest BCUT2D eigenvalue weighted by atomic mass is 10.0. The highest BCUT2D eigenvalue weighted by Crippen LogP contribution is 2.26. The van der Waals surface area contributed by atoms with Gasteiger partial charge in [0.15, 0.2) is 0 Å². The zero-order valence-electron chi connectivity index (χ0n) is 14.7. The summed E-state index contributed by atoms with van der Waals surface area (Å²) in [6.07, 6.45) is 1.90. The Labute approximate surface area is 152 Å². The first-order valence-corrected chi connectivity index (χ1v) is 9.64. The standard InChI is InChI=1S/C20H24N2O2S/c1-14(2)20(17-5-4-12-25-17)21-18(23)13-15-7-9-16(10-8-15)22-11-3-6-19(22)24/h4-5,7-10,12,14,20H,3,6,11,13H2,1-2H3,(H,21,23). The van der Waals surface area contributed by atoms with Gasteiger partial charge in [-0.3, -0.25) is 9.59 Å². The number of anilines is 1. The molecule has 4 nitrogen and oxygen atoms in total. The first-order valence-electron chi connectivity index (χ1n) is 8.76. The van der Waals surface area contributed by atoms with Gasteiger partial charge in [-0.1, -0.05) is 32.0 Å². The summed E-state index contributed by atoms with van der Waals surface area (Å²) in [4.78, 5) is 27.2. The molecule has 1 atom stereocenters. The van der Waals surface area contributed by atoms with Crippen LogP contribution in [0.1, 0.15) is 43.2 Å². The molecular formula is C20H24N2O2S. The molecule has 1 unspecified atom stereocenters. The topological polar surface area (TPSA) is 49.4 Å². The Morgan fingerprint density at radius 1 is 1.24 bits per heavy atom. The Kier molecular flexibility index (Phi) is 5.53. The summed E-state index contributed by atoms with van der Waals surface area (Å²) >= 11 is 1.67. The highest BCUT2D eigenvalue weighted by molar-refractivity contribution is 7.10. The van der Waals surface area contributed by atoms with Gasteiger partial charge in [0.2, 0.25) is 11.8 Å². The molecule has 1 N–H and O–H groups in total. The van der Waals surface area contributed by atoms with Gasteiger partial charge in [0, 0.05) is 23.5 Å². The smallest absolute Gasteiger partial charge is 0.227 e. The van der Waals surface area contributed by atoms with Gasteiger partial charge >= 0.3 is 0 Å². The number of hydrogen-bond acceptors (Lipinski definition) is 3. The monoisotopic (exact) mass is 356 g/mol. The van der Waals surface area contributed by atoms with E-state index in [4.69, 9.17) is 0 Å². The van der Waals surface area contributed by atoms with E-state index in [1.54, 1.807) is 11.3 Å². The second kappa shape index (κ2) is 7.83. The Hall–Kier alpha value is -2.14. The maximum atomic E-state index is 12.4. The maximum Gasteiger partial charge on any atom is 0.227 e. The zero-order valence-corrected chi connectivity index (χ0v) is 15.5. The van der Waals surface area contributed by atoms with Crippen molar-refractivity contribution in [2.75, 3.05) is 11.4 Å². The summed E-state index contributed by atoms with van der Waals surface area (Å²) in [5, 5.41) is 5.19. The van der Waals surface area contributed by atoms with Gasteiger partial charge in [-0.15, -0.1) is 11.3 Å². The molecule has 2 aromatic rings. The van der Waals surface area contributed by atoms with Crippen molar-refractivity contribution in [3.05, 3.63) is 52.2 Å². The summed E-state index contributed by atoms with van der Waals surface area (Å²) < 4.78 is 0. The van der Waals surface area contributed by atoms with E-state index in [0.717, 1.165) is 24.2 Å². The first kappa shape index (κ1) is 17.7. The molecule has 1 aromatic carbocycles. The number of amides is 2. The van der Waals surface area contributed by atoms with Gasteiger partial charge in [-0.05, 0) is 41.5 Å². The van der Waals surface area contributed by atoms with Crippen LogP contribution in [0.3, 0.4) is 0 Å². The van der Waals surface area contributed by atoms with Crippen LogP contribution in [0.25, 0.3) is 0 Å². The lowest BCUT2D eigenvalue weighted by Crippen LogP contribution is -2.32. The summed E-state index contributed by atoms with van der Waals surface area (Å²) in [5.41, 5.74) is 1.88. The highest BCUT2D eigenvalue weighted by Gasteiger charge is 2.22. The van der Waals surface area contributed by atoms with Crippen LogP contribution >= 0.6 is 11.3 Å². The van der Waals surface area contributed by atoms with Gasteiger partial charge in [0.05, 0.1) is 12.5 Å². The van der Waals surface area contributed by atoms with Gasteiger partial charge < -0.3 is 10.2 Å². The highest BCUT2D eigenvalue weighted by atomic mass is 32.1. The second-order valence-corrected chi connectivity index (χ2v) is 7.78. The SMILES string of the molecule is CC(C)C(NC(=O)Cc1ccc(N2CCCC2=O)cc1)c1cccs1. The molecule has 0 radical (unpaired) electrons. The van der Waals surface area contributed by atoms with Crippen molar-refractivity contribution in [1.29, 1.82) is 0 Å². The normalized spacial score (nSPS) is 15.6. The molecule has 1 fully saturated rings. The molecule has 1 aliphatic rings. The van der Waals surface area contributed by atoms with Crippen LogP contribution in [0.15, 0.2) is 41.8 Å². The van der Waals surface area contributed by atoms with Crippen LogP contribution in [0.4, 0.5) is 5.69 Å². The number of carbonyl (C=O) groups excluding carboxylic acids is 2. The molecule has 0 saturated carbocycles. The van der Waals surface area contributed by atoms with Gasteiger partial charge in [-0.2, -0.15) is 0 Å². The summed E-state index contributed by atoms with van der Waals surface area (Å²) in [6, 6.07) is 11.9. The summed E-state index contributed by atoms with van der Waals surface area (Å²) in [7, 11) is 0. The number of nitrogens with one attached hydrogen (secondary N) is 1. The van der Waals surface area contributed by atoms with Crippen LogP contribution in [-0.4, -0.2) is 18.4 Å². The first-order chi connectivity index (χ1) is 12.0. The molecule has 1 saturated heterocycles. The van der Waals surface area contributed by atoms with Crippen LogP contribution < -0.4 is 10.2 Å². The van der Waals surface area contributed by atoms with Crippen molar-refractivity contribution < 1.29 is 9.59 Å². The van der Waals surface area contributed by atoms with E-state index in [-0.39, 0.29) is 17.9 Å². The molecule has 1 aromatic heterocycles. The molecular weight excluding hydrogens is 332 g/mol. The molecule has 2 amide bonds. The van der Waals surface area contributed by atoms with E-state index in [2.05, 4.69) is 25.2 Å². The molecule has 0 aliphatic carbocycles. The quantitative estimate of drug-likeness (QED) is 0.852. The third-order valence-corrected chi connectivity index (χ3v) is 5.47. The fourth-order valence-corrected chi connectivity index (χ4v) is 4.11. The Morgan fingerprint density at radius 3 is 2.56 bits per heavy atom. The molecule has 25 heavy (non-hydrogen) atoms. The molecule has 3 rings (SSSR count). The average Bonchev–Trinajstić information content (AvgIpc) is 3.25. The minimum Gasteiger partial charge on any atom is -0.348 e. The number of benzene rings is 1. The van der Waals surface area contributed by atoms with Crippen LogP contribution in [0, 0.1) is 5.92 Å². The predicted molar refractivity (Wildman–Crippen MR) is 102 cm³/mol. The molecule has 1 aliphatic heterocycles. The van der Waals surface area contributed by atoms with E-state index in [9.17, 15) is 9.59 Å². The van der Waals surface area contributed by atoms with E-state index >= 15 is 0 Å². The van der Waals surface area contributed by atoms with Crippen LogP contribution in [0.2, 0.25) is 0 Å². The van der Waals surface area contributed by atoms with Crippen LogP contribution in [-0.2, 0) is 16.0 Å². The molecule has 2 heterocycles. The maximum absolute atomic E-state index is 12.4. The Bertz CT molecular complexity index is 723. The van der Waals surface area contributed by atoms with Crippen molar-refractivity contribution >= 4 is 28.8 Å². The Morgan fingerprint density at radius 2 is 2.00 bits per heavy atom. The third-order valence-electron chi connectivity index (χ3n) is 4.52. The number of thiophene rings is 1. The number of rotatable bonds is 6. The minimum absolute atomic E-state index is 0.0251. The van der Waals surface area contributed by atoms with Crippen molar-refractivity contribution in [2.24, 2.45) is 5.92 Å². The Balaban J connectivity index is 1.61. The van der Waals surface area contributed by atoms with Gasteiger partial charge in [-0.25, -0.2) is 0 Å². The minimum atomic E-state index is 0.0251. The zero-order chi connectivity index (χ0) is 17.8. The fraction of sp³-hybridized carbons (Fsp3) is 0.400. The second-order valence-electron chi connectivity index (χ2n) is 6.80. The fourth-order valence-electron chi connectivity index (χ4n) is 3.16. The van der Waals surface area contributed by atoms with Gasteiger partial charge in [0.1, 0.15) is 0 Å². The molecule has 0 bridgehead atoms. The molecule has 0 spiro atoms.